The van der Waals surface area contributed by atoms with Crippen molar-refractivity contribution in [1.82, 2.24) is 14.5 Å². The number of pyridine rings is 1. The zero-order valence-electron chi connectivity index (χ0n) is 21.3. The minimum atomic E-state index is -0.0675. The summed E-state index contributed by atoms with van der Waals surface area (Å²) in [5, 5.41) is 9.56. The van der Waals surface area contributed by atoms with E-state index in [2.05, 4.69) is 35.5 Å². The van der Waals surface area contributed by atoms with Crippen LogP contribution < -0.4 is 4.74 Å². The molecular formula is C29H43N3O2. The summed E-state index contributed by atoms with van der Waals surface area (Å²) < 4.78 is 8.40. The Morgan fingerprint density at radius 3 is 2.24 bits per heavy atom. The maximum absolute atomic E-state index is 9.56. The van der Waals surface area contributed by atoms with E-state index in [0.717, 1.165) is 54.3 Å². The molecule has 5 nitrogen and oxygen atoms in total. The van der Waals surface area contributed by atoms with Gasteiger partial charge >= 0.3 is 0 Å². The van der Waals surface area contributed by atoms with Crippen LogP contribution in [0.15, 0.2) is 36.4 Å². The number of benzene rings is 1. The summed E-state index contributed by atoms with van der Waals surface area (Å²) in [4.78, 5) is 9.56. The number of hydrogen-bond donors (Lipinski definition) is 1. The van der Waals surface area contributed by atoms with Gasteiger partial charge in [0.2, 0.25) is 0 Å². The number of aliphatic hydroxyl groups excluding tert-OH is 1. The molecule has 2 heterocycles. The Labute approximate surface area is 205 Å². The Morgan fingerprint density at radius 1 is 0.794 bits per heavy atom. The molecule has 0 aliphatic heterocycles. The van der Waals surface area contributed by atoms with Crippen LogP contribution in [0.2, 0.25) is 0 Å². The quantitative estimate of drug-likeness (QED) is 0.208. The zero-order valence-corrected chi connectivity index (χ0v) is 21.3. The van der Waals surface area contributed by atoms with Gasteiger partial charge in [-0.05, 0) is 37.1 Å². The molecule has 0 spiro atoms. The van der Waals surface area contributed by atoms with Crippen LogP contribution in [0.4, 0.5) is 0 Å². The molecule has 0 fully saturated rings. The van der Waals surface area contributed by atoms with Gasteiger partial charge in [-0.15, -0.1) is 0 Å². The van der Waals surface area contributed by atoms with Gasteiger partial charge < -0.3 is 14.4 Å². The molecule has 0 amide bonds. The van der Waals surface area contributed by atoms with Crippen molar-refractivity contribution in [3.63, 3.8) is 0 Å². The topological polar surface area (TPSA) is 60.2 Å². The number of aryl methyl sites for hydroxylation is 1. The summed E-state index contributed by atoms with van der Waals surface area (Å²) in [5.74, 6) is 1.78. The minimum Gasteiger partial charge on any atom is -0.494 e. The van der Waals surface area contributed by atoms with Gasteiger partial charge in [-0.1, -0.05) is 84.1 Å². The molecule has 3 rings (SSSR count). The van der Waals surface area contributed by atoms with Crippen LogP contribution in [-0.4, -0.2) is 26.2 Å². The predicted molar refractivity (Wildman–Crippen MR) is 141 cm³/mol. The summed E-state index contributed by atoms with van der Waals surface area (Å²) in [6, 6.07) is 12.0. The van der Waals surface area contributed by atoms with E-state index in [9.17, 15) is 5.11 Å². The highest BCUT2D eigenvalue weighted by Crippen LogP contribution is 2.28. The fraction of sp³-hybridized carbons (Fsp3) is 0.586. The highest BCUT2D eigenvalue weighted by atomic mass is 16.5. The van der Waals surface area contributed by atoms with E-state index in [1.807, 2.05) is 24.3 Å². The fourth-order valence-corrected chi connectivity index (χ4v) is 4.43. The predicted octanol–water partition coefficient (Wildman–Crippen LogP) is 7.69. The maximum atomic E-state index is 9.56. The van der Waals surface area contributed by atoms with E-state index in [1.165, 1.54) is 64.2 Å². The molecule has 0 radical (unpaired) electrons. The van der Waals surface area contributed by atoms with Crippen molar-refractivity contribution < 1.29 is 9.84 Å². The highest BCUT2D eigenvalue weighted by Gasteiger charge is 2.15. The summed E-state index contributed by atoms with van der Waals surface area (Å²) in [5.41, 5.74) is 3.53. The fourth-order valence-electron chi connectivity index (χ4n) is 4.43. The number of unbranched alkanes of at least 4 members (excludes halogenated alkanes) is 10. The van der Waals surface area contributed by atoms with Crippen LogP contribution in [0.25, 0.3) is 22.6 Å². The van der Waals surface area contributed by atoms with Gasteiger partial charge in [-0.25, -0.2) is 9.97 Å². The van der Waals surface area contributed by atoms with E-state index in [0.29, 0.717) is 5.69 Å². The molecule has 0 aliphatic carbocycles. The van der Waals surface area contributed by atoms with Gasteiger partial charge in [0.25, 0.3) is 0 Å². The SMILES string of the molecule is CCCCCCCCOc1ccc2nc(-c3cccc(CO)n3)n(CCCCCCCC)c2c1. The molecule has 1 N–H and O–H groups in total. The first-order valence-electron chi connectivity index (χ1n) is 13.5. The van der Waals surface area contributed by atoms with E-state index in [-0.39, 0.29) is 6.61 Å². The van der Waals surface area contributed by atoms with Crippen LogP contribution in [0, 0.1) is 0 Å². The largest absolute Gasteiger partial charge is 0.494 e. The van der Waals surface area contributed by atoms with Gasteiger partial charge in [0.05, 0.1) is 29.9 Å². The number of aromatic nitrogens is 3. The molecule has 0 unspecified atom stereocenters. The Kier molecular flexibility index (Phi) is 11.4. The van der Waals surface area contributed by atoms with E-state index >= 15 is 0 Å². The first kappa shape index (κ1) is 26.2. The van der Waals surface area contributed by atoms with Gasteiger partial charge in [0.15, 0.2) is 5.82 Å². The summed E-state index contributed by atoms with van der Waals surface area (Å²) in [7, 11) is 0. The molecule has 0 bridgehead atoms. The minimum absolute atomic E-state index is 0.0675. The van der Waals surface area contributed by atoms with E-state index < -0.39 is 0 Å². The Bertz CT molecular complexity index is 983. The number of rotatable bonds is 17. The monoisotopic (exact) mass is 465 g/mol. The number of hydrogen-bond acceptors (Lipinski definition) is 4. The Morgan fingerprint density at radius 2 is 1.50 bits per heavy atom. The standard InChI is InChI=1S/C29H43N3O2/c1-3-5-7-9-11-13-20-32-28-22-25(34-21-14-12-10-8-6-4-2)18-19-26(28)31-29(32)27-17-15-16-24(23-33)30-27/h15-19,22,33H,3-14,20-21,23H2,1-2H3. The van der Waals surface area contributed by atoms with Crippen molar-refractivity contribution in [3.8, 4) is 17.3 Å². The summed E-state index contributed by atoms with van der Waals surface area (Å²) >= 11 is 0. The summed E-state index contributed by atoms with van der Waals surface area (Å²) in [6.07, 6.45) is 15.1. The second kappa shape index (κ2) is 14.8. The van der Waals surface area contributed by atoms with E-state index in [1.54, 1.807) is 0 Å². The third-order valence-corrected chi connectivity index (χ3v) is 6.42. The van der Waals surface area contributed by atoms with E-state index in [4.69, 9.17) is 9.72 Å². The van der Waals surface area contributed by atoms with Gasteiger partial charge in [0, 0.05) is 12.6 Å². The molecule has 0 atom stereocenters. The molecule has 5 heteroatoms. The molecule has 186 valence electrons. The third kappa shape index (κ3) is 7.83. The first-order chi connectivity index (χ1) is 16.8. The molecule has 34 heavy (non-hydrogen) atoms. The van der Waals surface area contributed by atoms with Crippen LogP contribution in [0.3, 0.4) is 0 Å². The first-order valence-corrected chi connectivity index (χ1v) is 13.5. The van der Waals surface area contributed by atoms with Crippen LogP contribution in [0.1, 0.15) is 96.6 Å². The van der Waals surface area contributed by atoms with Crippen LogP contribution >= 0.6 is 0 Å². The van der Waals surface area contributed by atoms with Crippen molar-refractivity contribution >= 4 is 11.0 Å². The Balaban J connectivity index is 1.74. The number of imidazole rings is 1. The number of ether oxygens (including phenoxy) is 1. The molecule has 0 saturated heterocycles. The third-order valence-electron chi connectivity index (χ3n) is 6.42. The zero-order chi connectivity index (χ0) is 24.0. The molecule has 0 aliphatic rings. The number of nitrogens with zero attached hydrogens (tertiary/aromatic N) is 3. The molecule has 2 aromatic heterocycles. The van der Waals surface area contributed by atoms with Crippen LogP contribution in [-0.2, 0) is 13.2 Å². The summed E-state index contributed by atoms with van der Waals surface area (Å²) in [6.45, 7) is 6.10. The van der Waals surface area contributed by atoms with Crippen LogP contribution in [0.5, 0.6) is 5.75 Å². The lowest BCUT2D eigenvalue weighted by atomic mass is 10.1. The normalized spacial score (nSPS) is 11.4. The molecular weight excluding hydrogens is 422 g/mol. The second-order valence-corrected chi connectivity index (χ2v) is 9.29. The van der Waals surface area contributed by atoms with Crippen molar-refractivity contribution in [2.45, 2.75) is 104 Å². The lowest BCUT2D eigenvalue weighted by Gasteiger charge is -2.11. The lowest BCUT2D eigenvalue weighted by molar-refractivity contribution is 0.277. The van der Waals surface area contributed by atoms with Crippen molar-refractivity contribution in [2.75, 3.05) is 6.61 Å². The lowest BCUT2D eigenvalue weighted by Crippen LogP contribution is -2.03. The van der Waals surface area contributed by atoms with Gasteiger partial charge in [-0.3, -0.25) is 0 Å². The van der Waals surface area contributed by atoms with Crippen molar-refractivity contribution in [2.24, 2.45) is 0 Å². The smallest absolute Gasteiger partial charge is 0.159 e. The molecule has 1 aromatic carbocycles. The van der Waals surface area contributed by atoms with Gasteiger partial charge in [0.1, 0.15) is 11.4 Å². The highest BCUT2D eigenvalue weighted by molar-refractivity contribution is 5.81. The number of aliphatic hydroxyl groups is 1. The van der Waals surface area contributed by atoms with Gasteiger partial charge in [-0.2, -0.15) is 0 Å². The van der Waals surface area contributed by atoms with Crippen molar-refractivity contribution in [1.29, 1.82) is 0 Å². The average molecular weight is 466 g/mol. The average Bonchev–Trinajstić information content (AvgIpc) is 3.23. The molecule has 3 aromatic rings. The Hall–Kier alpha value is -2.40. The number of fused-ring (bicyclic) bond motifs is 1. The molecule has 0 saturated carbocycles. The van der Waals surface area contributed by atoms with Crippen molar-refractivity contribution in [3.05, 3.63) is 42.1 Å². The second-order valence-electron chi connectivity index (χ2n) is 9.29. The maximum Gasteiger partial charge on any atom is 0.159 e.